The first-order valence-electron chi connectivity index (χ1n) is 11.7. The van der Waals surface area contributed by atoms with Gasteiger partial charge in [0.15, 0.2) is 0 Å². The maximum atomic E-state index is 12.3. The molecule has 8 nitrogen and oxygen atoms in total. The minimum atomic E-state index is -0.400. The summed E-state index contributed by atoms with van der Waals surface area (Å²) in [5.74, 6) is 0.387. The van der Waals surface area contributed by atoms with Crippen molar-refractivity contribution in [1.82, 2.24) is 5.32 Å². The van der Waals surface area contributed by atoms with Crippen LogP contribution in [0.1, 0.15) is 55.2 Å². The third kappa shape index (κ3) is 7.65. The number of rotatable bonds is 10. The molecule has 35 heavy (non-hydrogen) atoms. The van der Waals surface area contributed by atoms with E-state index in [1.807, 2.05) is 12.1 Å². The number of benzene rings is 2. The summed E-state index contributed by atoms with van der Waals surface area (Å²) in [6.07, 6.45) is 4.29. The lowest BCUT2D eigenvalue weighted by Gasteiger charge is -2.29. The van der Waals surface area contributed by atoms with Crippen LogP contribution in [0.25, 0.3) is 0 Å². The molecule has 0 unspecified atom stereocenters. The van der Waals surface area contributed by atoms with Gasteiger partial charge in [-0.05, 0) is 85.6 Å². The Kier molecular flexibility index (Phi) is 9.94. The SMILES string of the molecule is Cc1c(OCCCC(=O)O[C@H]2CC[C@H](NCc3cc(Br)cc(Br)c3N)CC2)ccc([N+](=O)[O-])c1C. The van der Waals surface area contributed by atoms with Crippen LogP contribution in [0.4, 0.5) is 11.4 Å². The van der Waals surface area contributed by atoms with E-state index < -0.39 is 4.92 Å². The van der Waals surface area contributed by atoms with Gasteiger partial charge in [-0.2, -0.15) is 0 Å². The Balaban J connectivity index is 1.34. The monoisotopic (exact) mass is 611 g/mol. The van der Waals surface area contributed by atoms with Crippen molar-refractivity contribution in [2.24, 2.45) is 0 Å². The Labute approximate surface area is 222 Å². The highest BCUT2D eigenvalue weighted by molar-refractivity contribution is 9.11. The third-order valence-electron chi connectivity index (χ3n) is 6.42. The molecule has 10 heteroatoms. The van der Waals surface area contributed by atoms with Crippen LogP contribution in [-0.2, 0) is 16.1 Å². The van der Waals surface area contributed by atoms with Crippen molar-refractivity contribution in [3.8, 4) is 5.75 Å². The van der Waals surface area contributed by atoms with Gasteiger partial charge in [0, 0.05) is 45.1 Å². The summed E-state index contributed by atoms with van der Waals surface area (Å²) in [4.78, 5) is 22.9. The number of nitro benzene ring substituents is 1. The molecule has 190 valence electrons. The van der Waals surface area contributed by atoms with Gasteiger partial charge in [0.1, 0.15) is 11.9 Å². The van der Waals surface area contributed by atoms with Gasteiger partial charge in [-0.15, -0.1) is 0 Å². The zero-order chi connectivity index (χ0) is 25.5. The highest BCUT2D eigenvalue weighted by Gasteiger charge is 2.24. The molecule has 2 aromatic rings. The number of halogens is 2. The van der Waals surface area contributed by atoms with Crippen LogP contribution in [0.15, 0.2) is 33.2 Å². The zero-order valence-corrected chi connectivity index (χ0v) is 23.1. The summed E-state index contributed by atoms with van der Waals surface area (Å²) in [5, 5.41) is 14.6. The molecule has 1 saturated carbocycles. The molecule has 0 saturated heterocycles. The maximum absolute atomic E-state index is 12.3. The second-order valence-electron chi connectivity index (χ2n) is 8.85. The van der Waals surface area contributed by atoms with Crippen LogP contribution in [-0.4, -0.2) is 29.6 Å². The van der Waals surface area contributed by atoms with E-state index in [4.69, 9.17) is 15.2 Å². The summed E-state index contributed by atoms with van der Waals surface area (Å²) in [5.41, 5.74) is 9.35. The number of esters is 1. The molecule has 3 N–H and O–H groups in total. The highest BCUT2D eigenvalue weighted by atomic mass is 79.9. The van der Waals surface area contributed by atoms with Gasteiger partial charge in [-0.3, -0.25) is 14.9 Å². The third-order valence-corrected chi connectivity index (χ3v) is 7.54. The van der Waals surface area contributed by atoms with Crippen LogP contribution >= 0.6 is 31.9 Å². The van der Waals surface area contributed by atoms with Gasteiger partial charge in [-0.1, -0.05) is 15.9 Å². The molecule has 0 heterocycles. The van der Waals surface area contributed by atoms with E-state index in [9.17, 15) is 14.9 Å². The number of nitrogens with one attached hydrogen (secondary N) is 1. The van der Waals surface area contributed by atoms with Crippen molar-refractivity contribution >= 4 is 49.2 Å². The second-order valence-corrected chi connectivity index (χ2v) is 10.6. The predicted octanol–water partition coefficient (Wildman–Crippen LogP) is 6.12. The number of carbonyl (C=O) groups excluding carboxylic acids is 1. The number of nitrogens with two attached hydrogens (primary N) is 1. The number of nitrogen functional groups attached to an aromatic ring is 1. The average Bonchev–Trinajstić information content (AvgIpc) is 2.81. The first-order chi connectivity index (χ1) is 16.7. The van der Waals surface area contributed by atoms with Crippen LogP contribution in [0.3, 0.4) is 0 Å². The predicted molar refractivity (Wildman–Crippen MR) is 143 cm³/mol. The number of anilines is 1. The molecule has 1 aliphatic rings. The smallest absolute Gasteiger partial charge is 0.306 e. The Hall–Kier alpha value is -2.17. The van der Waals surface area contributed by atoms with Gasteiger partial charge < -0.3 is 20.5 Å². The molecule has 1 fully saturated rings. The van der Waals surface area contributed by atoms with Crippen molar-refractivity contribution in [2.45, 2.75) is 71.1 Å². The quantitative estimate of drug-likeness (QED) is 0.109. The standard InChI is InChI=1S/C25H31Br2N3O5/c1-15-16(2)23(10-9-22(15)30(32)33)34-11-3-4-24(31)35-20-7-5-19(6-8-20)29-14-17-12-18(26)13-21(27)25(17)28/h9-10,12-13,19-20,29H,3-8,11,14,28H2,1-2H3/t19-,20-. The fourth-order valence-electron chi connectivity index (χ4n) is 4.20. The largest absolute Gasteiger partial charge is 0.493 e. The molecule has 2 aromatic carbocycles. The van der Waals surface area contributed by atoms with Crippen LogP contribution in [0, 0.1) is 24.0 Å². The van der Waals surface area contributed by atoms with Gasteiger partial charge >= 0.3 is 5.97 Å². The lowest BCUT2D eigenvalue weighted by Crippen LogP contribution is -2.35. The Morgan fingerprint density at radius 1 is 1.17 bits per heavy atom. The summed E-state index contributed by atoms with van der Waals surface area (Å²) < 4.78 is 13.3. The highest BCUT2D eigenvalue weighted by Crippen LogP contribution is 2.30. The van der Waals surface area contributed by atoms with E-state index in [2.05, 4.69) is 37.2 Å². The van der Waals surface area contributed by atoms with E-state index in [-0.39, 0.29) is 24.2 Å². The lowest BCUT2D eigenvalue weighted by molar-refractivity contribution is -0.385. The van der Waals surface area contributed by atoms with E-state index >= 15 is 0 Å². The summed E-state index contributed by atoms with van der Waals surface area (Å²) in [7, 11) is 0. The van der Waals surface area contributed by atoms with Crippen molar-refractivity contribution in [1.29, 1.82) is 0 Å². The Morgan fingerprint density at radius 3 is 2.57 bits per heavy atom. The maximum Gasteiger partial charge on any atom is 0.306 e. The van der Waals surface area contributed by atoms with Gasteiger partial charge in [0.2, 0.25) is 0 Å². The minimum absolute atomic E-state index is 0.0499. The first-order valence-corrected chi connectivity index (χ1v) is 13.3. The van der Waals surface area contributed by atoms with Gasteiger partial charge in [-0.25, -0.2) is 0 Å². The Morgan fingerprint density at radius 2 is 1.89 bits per heavy atom. The second kappa shape index (κ2) is 12.7. The van der Waals surface area contributed by atoms with E-state index in [1.54, 1.807) is 19.9 Å². The van der Waals surface area contributed by atoms with Crippen molar-refractivity contribution in [2.75, 3.05) is 12.3 Å². The molecule has 0 amide bonds. The summed E-state index contributed by atoms with van der Waals surface area (Å²) in [6.45, 7) is 4.53. The number of hydrogen-bond acceptors (Lipinski definition) is 7. The zero-order valence-electron chi connectivity index (χ0n) is 19.9. The molecule has 0 atom stereocenters. The van der Waals surface area contributed by atoms with E-state index in [1.165, 1.54) is 6.07 Å². The minimum Gasteiger partial charge on any atom is -0.493 e. The molecule has 0 radical (unpaired) electrons. The molecule has 3 rings (SSSR count). The average molecular weight is 613 g/mol. The van der Waals surface area contributed by atoms with Crippen LogP contribution in [0.5, 0.6) is 5.75 Å². The number of carbonyl (C=O) groups is 1. The lowest BCUT2D eigenvalue weighted by atomic mass is 9.92. The number of hydrogen-bond donors (Lipinski definition) is 2. The fraction of sp³-hybridized carbons (Fsp3) is 0.480. The van der Waals surface area contributed by atoms with Crippen molar-refractivity contribution in [3.05, 3.63) is 60.0 Å². The number of ether oxygens (including phenoxy) is 2. The van der Waals surface area contributed by atoms with Crippen molar-refractivity contribution in [3.63, 3.8) is 0 Å². The number of nitrogens with zero attached hydrogens (tertiary/aromatic N) is 1. The first kappa shape index (κ1) is 27.4. The topological polar surface area (TPSA) is 117 Å². The van der Waals surface area contributed by atoms with Crippen molar-refractivity contribution < 1.29 is 19.2 Å². The van der Waals surface area contributed by atoms with E-state index in [0.29, 0.717) is 36.9 Å². The molecular formula is C25H31Br2N3O5. The molecular weight excluding hydrogens is 582 g/mol. The summed E-state index contributed by atoms with van der Waals surface area (Å²) >= 11 is 6.98. The molecule has 0 spiro atoms. The van der Waals surface area contributed by atoms with Gasteiger partial charge in [0.05, 0.1) is 17.2 Å². The summed E-state index contributed by atoms with van der Waals surface area (Å²) in [6, 6.07) is 7.37. The van der Waals surface area contributed by atoms with Gasteiger partial charge in [0.25, 0.3) is 5.69 Å². The molecule has 1 aliphatic carbocycles. The Bertz CT molecular complexity index is 1070. The van der Waals surface area contributed by atoms with E-state index in [0.717, 1.165) is 51.4 Å². The molecule has 0 aromatic heterocycles. The van der Waals surface area contributed by atoms with Crippen LogP contribution < -0.4 is 15.8 Å². The van der Waals surface area contributed by atoms with Crippen LogP contribution in [0.2, 0.25) is 0 Å². The fourth-order valence-corrected chi connectivity index (χ4v) is 5.52. The number of nitro groups is 1. The normalized spacial score (nSPS) is 17.7. The molecule has 0 bridgehead atoms. The molecule has 0 aliphatic heterocycles.